The molecule has 0 aliphatic heterocycles. The van der Waals surface area contributed by atoms with Gasteiger partial charge in [-0.05, 0) is 18.6 Å². The number of hydrogen-bond donors (Lipinski definition) is 0. The first kappa shape index (κ1) is 16.7. The summed E-state index contributed by atoms with van der Waals surface area (Å²) in [6, 6.07) is 7.17. The van der Waals surface area contributed by atoms with Gasteiger partial charge in [0.05, 0.1) is 24.3 Å². The molecular weight excluding hydrogens is 298 g/mol. The number of esters is 1. The SMILES string of the molecule is COC(=O)CCCN(C)C(=O)Cn1c(=O)cnc2ccccc21. The van der Waals surface area contributed by atoms with Crippen LogP contribution in [0.1, 0.15) is 12.8 Å². The lowest BCUT2D eigenvalue weighted by molar-refractivity contribution is -0.141. The number of hydrogen-bond acceptors (Lipinski definition) is 5. The maximum Gasteiger partial charge on any atom is 0.305 e. The highest BCUT2D eigenvalue weighted by molar-refractivity contribution is 5.80. The quantitative estimate of drug-likeness (QED) is 0.736. The first-order chi connectivity index (χ1) is 11.0. The van der Waals surface area contributed by atoms with E-state index >= 15 is 0 Å². The molecule has 0 radical (unpaired) electrons. The van der Waals surface area contributed by atoms with Crippen LogP contribution in [-0.2, 0) is 20.9 Å². The molecule has 7 nitrogen and oxygen atoms in total. The molecule has 7 heteroatoms. The van der Waals surface area contributed by atoms with E-state index in [2.05, 4.69) is 9.72 Å². The highest BCUT2D eigenvalue weighted by Gasteiger charge is 2.13. The van der Waals surface area contributed by atoms with Crippen LogP contribution in [0, 0.1) is 0 Å². The molecule has 0 saturated carbocycles. The van der Waals surface area contributed by atoms with Crippen LogP contribution in [0.3, 0.4) is 0 Å². The number of ether oxygens (including phenoxy) is 1. The van der Waals surface area contributed by atoms with E-state index in [0.717, 1.165) is 0 Å². The second kappa shape index (κ2) is 7.53. The van der Waals surface area contributed by atoms with Crippen molar-refractivity contribution in [3.05, 3.63) is 40.8 Å². The van der Waals surface area contributed by atoms with Crippen LogP contribution in [0.2, 0.25) is 0 Å². The zero-order valence-electron chi connectivity index (χ0n) is 13.2. The number of carbonyl (C=O) groups is 2. The van der Waals surface area contributed by atoms with Crippen LogP contribution in [0.15, 0.2) is 35.3 Å². The molecule has 1 heterocycles. The zero-order chi connectivity index (χ0) is 16.8. The van der Waals surface area contributed by atoms with Gasteiger partial charge in [-0.2, -0.15) is 0 Å². The van der Waals surface area contributed by atoms with Crippen LogP contribution < -0.4 is 5.56 Å². The van der Waals surface area contributed by atoms with Gasteiger partial charge in [-0.15, -0.1) is 0 Å². The number of carbonyl (C=O) groups excluding carboxylic acids is 2. The lowest BCUT2D eigenvalue weighted by Gasteiger charge is -2.18. The second-order valence-corrected chi connectivity index (χ2v) is 5.17. The molecule has 2 aromatic rings. The molecule has 1 aromatic carbocycles. The number of likely N-dealkylation sites (N-methyl/N-ethyl adjacent to an activating group) is 1. The number of methoxy groups -OCH3 is 1. The van der Waals surface area contributed by atoms with E-state index in [-0.39, 0.29) is 30.4 Å². The van der Waals surface area contributed by atoms with Crippen LogP contribution in [0.4, 0.5) is 0 Å². The monoisotopic (exact) mass is 317 g/mol. The van der Waals surface area contributed by atoms with Crippen LogP contribution in [-0.4, -0.2) is 47.0 Å². The Kier molecular flexibility index (Phi) is 5.46. The molecule has 0 aliphatic carbocycles. The Bertz CT molecular complexity index is 769. The summed E-state index contributed by atoms with van der Waals surface area (Å²) in [6.07, 6.45) is 1.99. The van der Waals surface area contributed by atoms with E-state index in [4.69, 9.17) is 0 Å². The molecule has 0 spiro atoms. The molecule has 0 aliphatic rings. The van der Waals surface area contributed by atoms with E-state index in [9.17, 15) is 14.4 Å². The minimum atomic E-state index is -0.319. The summed E-state index contributed by atoms with van der Waals surface area (Å²) in [4.78, 5) is 40.9. The predicted octanol–water partition coefficient (Wildman–Crippen LogP) is 0.808. The second-order valence-electron chi connectivity index (χ2n) is 5.17. The summed E-state index contributed by atoms with van der Waals surface area (Å²) in [7, 11) is 2.98. The normalized spacial score (nSPS) is 10.5. The van der Waals surface area contributed by atoms with Crippen molar-refractivity contribution in [1.29, 1.82) is 0 Å². The standard InChI is InChI=1S/C16H19N3O4/c1-18(9-5-8-16(22)23-2)15(21)11-19-13-7-4-3-6-12(13)17-10-14(19)20/h3-4,6-7,10H,5,8-9,11H2,1-2H3. The highest BCUT2D eigenvalue weighted by Crippen LogP contribution is 2.08. The minimum Gasteiger partial charge on any atom is -0.469 e. The van der Waals surface area contributed by atoms with Crippen LogP contribution >= 0.6 is 0 Å². The third-order valence-corrected chi connectivity index (χ3v) is 3.57. The average Bonchev–Trinajstić information content (AvgIpc) is 2.56. The zero-order valence-corrected chi connectivity index (χ0v) is 13.2. The lowest BCUT2D eigenvalue weighted by Crippen LogP contribution is -2.34. The average molecular weight is 317 g/mol. The van der Waals surface area contributed by atoms with Crippen molar-refractivity contribution < 1.29 is 14.3 Å². The van der Waals surface area contributed by atoms with Gasteiger partial charge >= 0.3 is 5.97 Å². The molecule has 0 fully saturated rings. The summed E-state index contributed by atoms with van der Waals surface area (Å²) in [5, 5.41) is 0. The van der Waals surface area contributed by atoms with Gasteiger partial charge in [-0.25, -0.2) is 4.98 Å². The van der Waals surface area contributed by atoms with Crippen molar-refractivity contribution >= 4 is 22.9 Å². The molecular formula is C16H19N3O4. The maximum atomic E-state index is 12.3. The Hall–Kier alpha value is -2.70. The molecule has 1 amide bonds. The van der Waals surface area contributed by atoms with Crippen molar-refractivity contribution in [2.75, 3.05) is 20.7 Å². The minimum absolute atomic E-state index is 0.0589. The summed E-state index contributed by atoms with van der Waals surface area (Å²) in [5.41, 5.74) is 0.963. The fourth-order valence-electron chi connectivity index (χ4n) is 2.22. The molecule has 0 atom stereocenters. The number of benzene rings is 1. The Balaban J connectivity index is 2.07. The van der Waals surface area contributed by atoms with E-state index in [0.29, 0.717) is 24.0 Å². The first-order valence-electron chi connectivity index (χ1n) is 7.28. The van der Waals surface area contributed by atoms with Crippen LogP contribution in [0.25, 0.3) is 11.0 Å². The predicted molar refractivity (Wildman–Crippen MR) is 84.9 cm³/mol. The fourth-order valence-corrected chi connectivity index (χ4v) is 2.22. The third-order valence-electron chi connectivity index (χ3n) is 3.57. The van der Waals surface area contributed by atoms with Crippen molar-refractivity contribution in [2.24, 2.45) is 0 Å². The molecule has 122 valence electrons. The number of nitrogens with zero attached hydrogens (tertiary/aromatic N) is 3. The maximum absolute atomic E-state index is 12.3. The molecule has 1 aromatic heterocycles. The van der Waals surface area contributed by atoms with Gasteiger partial charge in [-0.3, -0.25) is 19.0 Å². The molecule has 2 rings (SSSR count). The lowest BCUT2D eigenvalue weighted by atomic mass is 10.3. The fraction of sp³-hybridized carbons (Fsp3) is 0.375. The Labute approximate surface area is 133 Å². The Morgan fingerprint density at radius 1 is 1.30 bits per heavy atom. The van der Waals surface area contributed by atoms with Crippen LogP contribution in [0.5, 0.6) is 0 Å². The van der Waals surface area contributed by atoms with Gasteiger partial charge in [0.2, 0.25) is 5.91 Å². The van der Waals surface area contributed by atoms with Crippen molar-refractivity contribution in [1.82, 2.24) is 14.5 Å². The number of fused-ring (bicyclic) bond motifs is 1. The van der Waals surface area contributed by atoms with E-state index < -0.39 is 0 Å². The van der Waals surface area contributed by atoms with Gasteiger partial charge in [0.1, 0.15) is 6.54 Å². The number of rotatable bonds is 6. The van der Waals surface area contributed by atoms with Gasteiger partial charge in [0, 0.05) is 20.0 Å². The summed E-state index contributed by atoms with van der Waals surface area (Å²) >= 11 is 0. The van der Waals surface area contributed by atoms with Gasteiger partial charge in [0.25, 0.3) is 5.56 Å². The summed E-state index contributed by atoms with van der Waals surface area (Å²) in [6.45, 7) is 0.363. The Morgan fingerprint density at radius 3 is 2.78 bits per heavy atom. The molecule has 0 unspecified atom stereocenters. The molecule has 0 saturated heterocycles. The number of aromatic nitrogens is 2. The molecule has 23 heavy (non-hydrogen) atoms. The van der Waals surface area contributed by atoms with Gasteiger partial charge in [0.15, 0.2) is 0 Å². The van der Waals surface area contributed by atoms with E-state index in [1.807, 2.05) is 6.07 Å². The van der Waals surface area contributed by atoms with Gasteiger partial charge < -0.3 is 9.64 Å². The number of para-hydroxylation sites is 2. The largest absolute Gasteiger partial charge is 0.469 e. The van der Waals surface area contributed by atoms with Gasteiger partial charge in [-0.1, -0.05) is 12.1 Å². The van der Waals surface area contributed by atoms with Crippen molar-refractivity contribution in [2.45, 2.75) is 19.4 Å². The topological polar surface area (TPSA) is 81.5 Å². The van der Waals surface area contributed by atoms with E-state index in [1.165, 1.54) is 22.8 Å². The number of amides is 1. The summed E-state index contributed by atoms with van der Waals surface area (Å²) in [5.74, 6) is -0.504. The third kappa shape index (κ3) is 4.15. The molecule has 0 N–H and O–H groups in total. The van der Waals surface area contributed by atoms with E-state index in [1.54, 1.807) is 25.2 Å². The summed E-state index contributed by atoms with van der Waals surface area (Å²) < 4.78 is 5.96. The first-order valence-corrected chi connectivity index (χ1v) is 7.28. The Morgan fingerprint density at radius 2 is 2.04 bits per heavy atom. The molecule has 0 bridgehead atoms. The van der Waals surface area contributed by atoms with Crippen molar-refractivity contribution in [3.63, 3.8) is 0 Å². The van der Waals surface area contributed by atoms with Crippen molar-refractivity contribution in [3.8, 4) is 0 Å². The smallest absolute Gasteiger partial charge is 0.305 e. The highest BCUT2D eigenvalue weighted by atomic mass is 16.5.